The number of hydrogen-bond donors (Lipinski definition) is 1. The molecule has 0 bridgehead atoms. The number of aryl methyl sites for hydroxylation is 1. The number of halogens is 3. The molecule has 0 aliphatic rings. The van der Waals surface area contributed by atoms with Crippen LogP contribution in [0.3, 0.4) is 0 Å². The van der Waals surface area contributed by atoms with Gasteiger partial charge in [-0.1, -0.05) is 37.0 Å². The fourth-order valence-corrected chi connectivity index (χ4v) is 2.95. The van der Waals surface area contributed by atoms with E-state index in [4.69, 9.17) is 40.5 Å². The Bertz CT molecular complexity index is 682. The third-order valence-corrected chi connectivity index (χ3v) is 4.23. The summed E-state index contributed by atoms with van der Waals surface area (Å²) in [5.74, 6) is 0.708. The zero-order valence-corrected chi connectivity index (χ0v) is 14.0. The molecule has 1 heterocycles. The van der Waals surface area contributed by atoms with E-state index in [-0.39, 0.29) is 5.92 Å². The summed E-state index contributed by atoms with van der Waals surface area (Å²) in [6.07, 6.45) is 0.530. The van der Waals surface area contributed by atoms with Crippen molar-refractivity contribution in [1.82, 2.24) is 9.55 Å². The SMILES string of the molecule is CC(C)C(C(N)=O)n1c(CCCl)nc2cc(Cl)c(Cl)cc21. The number of benzene rings is 1. The lowest BCUT2D eigenvalue weighted by atomic mass is 10.0. The molecule has 2 rings (SSSR count). The van der Waals surface area contributed by atoms with Crippen LogP contribution in [0.2, 0.25) is 10.0 Å². The van der Waals surface area contributed by atoms with E-state index in [1.165, 1.54) is 0 Å². The second kappa shape index (κ2) is 6.42. The Labute approximate surface area is 138 Å². The van der Waals surface area contributed by atoms with Gasteiger partial charge >= 0.3 is 0 Å². The van der Waals surface area contributed by atoms with Crippen molar-refractivity contribution in [2.24, 2.45) is 11.7 Å². The molecule has 0 aliphatic heterocycles. The number of primary amides is 1. The topological polar surface area (TPSA) is 60.9 Å². The van der Waals surface area contributed by atoms with E-state index in [9.17, 15) is 4.79 Å². The number of nitrogens with two attached hydrogens (primary N) is 1. The minimum absolute atomic E-state index is 0.0171. The number of carbonyl (C=O) groups excluding carboxylic acids is 1. The van der Waals surface area contributed by atoms with Crippen LogP contribution in [0.5, 0.6) is 0 Å². The Morgan fingerprint density at radius 1 is 1.33 bits per heavy atom. The van der Waals surface area contributed by atoms with Gasteiger partial charge in [0.05, 0.1) is 21.1 Å². The number of aromatic nitrogens is 2. The summed E-state index contributed by atoms with van der Waals surface area (Å²) in [7, 11) is 0. The molecule has 4 nitrogen and oxygen atoms in total. The van der Waals surface area contributed by atoms with Gasteiger partial charge in [0.15, 0.2) is 0 Å². The van der Waals surface area contributed by atoms with Crippen molar-refractivity contribution in [2.45, 2.75) is 26.3 Å². The number of alkyl halides is 1. The lowest BCUT2D eigenvalue weighted by Gasteiger charge is -2.22. The number of amides is 1. The second-order valence-corrected chi connectivity index (χ2v) is 6.38. The number of rotatable bonds is 5. The van der Waals surface area contributed by atoms with Crippen molar-refractivity contribution in [3.8, 4) is 0 Å². The van der Waals surface area contributed by atoms with Gasteiger partial charge in [-0.05, 0) is 18.1 Å². The standard InChI is InChI=1S/C14H16Cl3N3O/c1-7(2)13(14(18)21)20-11-6-9(17)8(16)5-10(11)19-12(20)3-4-15/h5-7,13H,3-4H2,1-2H3,(H2,18,21). The van der Waals surface area contributed by atoms with Crippen LogP contribution in [-0.4, -0.2) is 21.3 Å². The number of nitrogens with zero attached hydrogens (tertiary/aromatic N) is 2. The summed E-state index contributed by atoms with van der Waals surface area (Å²) < 4.78 is 1.83. The molecular weight excluding hydrogens is 333 g/mol. The summed E-state index contributed by atoms with van der Waals surface area (Å²) >= 11 is 18.0. The Kier molecular flexibility index (Phi) is 5.02. The van der Waals surface area contributed by atoms with Crippen molar-refractivity contribution < 1.29 is 4.79 Å². The highest BCUT2D eigenvalue weighted by Gasteiger charge is 2.26. The predicted molar refractivity (Wildman–Crippen MR) is 87.2 cm³/mol. The van der Waals surface area contributed by atoms with Crippen LogP contribution in [0.15, 0.2) is 12.1 Å². The quantitative estimate of drug-likeness (QED) is 0.835. The summed E-state index contributed by atoms with van der Waals surface area (Å²) in [6.45, 7) is 3.87. The van der Waals surface area contributed by atoms with Crippen molar-refractivity contribution in [1.29, 1.82) is 0 Å². The van der Waals surface area contributed by atoms with Gasteiger partial charge in [-0.3, -0.25) is 4.79 Å². The first-order valence-electron chi connectivity index (χ1n) is 6.58. The molecule has 1 unspecified atom stereocenters. The largest absolute Gasteiger partial charge is 0.368 e. The van der Waals surface area contributed by atoms with Gasteiger partial charge in [-0.25, -0.2) is 4.98 Å². The van der Waals surface area contributed by atoms with E-state index >= 15 is 0 Å². The smallest absolute Gasteiger partial charge is 0.240 e. The van der Waals surface area contributed by atoms with Gasteiger partial charge in [-0.15, -0.1) is 11.6 Å². The van der Waals surface area contributed by atoms with Crippen LogP contribution in [0, 0.1) is 5.92 Å². The Morgan fingerprint density at radius 2 is 1.95 bits per heavy atom. The highest BCUT2D eigenvalue weighted by Crippen LogP contribution is 2.32. The van der Waals surface area contributed by atoms with Crippen molar-refractivity contribution in [3.05, 3.63) is 28.0 Å². The average molecular weight is 349 g/mol. The summed E-state index contributed by atoms with van der Waals surface area (Å²) in [4.78, 5) is 16.4. The van der Waals surface area contributed by atoms with Crippen LogP contribution in [-0.2, 0) is 11.2 Å². The molecule has 2 aromatic rings. The first-order chi connectivity index (χ1) is 9.86. The van der Waals surface area contributed by atoms with Crippen molar-refractivity contribution in [3.63, 3.8) is 0 Å². The maximum absolute atomic E-state index is 11.9. The number of fused-ring (bicyclic) bond motifs is 1. The summed E-state index contributed by atoms with van der Waals surface area (Å²) in [6, 6.07) is 2.89. The lowest BCUT2D eigenvalue weighted by molar-refractivity contribution is -0.122. The molecular formula is C14H16Cl3N3O. The predicted octanol–water partition coefficient (Wildman–Crippen LogP) is 3.81. The molecule has 0 aliphatic carbocycles. The Balaban J connectivity index is 2.76. The number of carbonyl (C=O) groups is 1. The van der Waals surface area contributed by atoms with Crippen molar-refractivity contribution >= 4 is 51.7 Å². The molecule has 7 heteroatoms. The second-order valence-electron chi connectivity index (χ2n) is 5.18. The highest BCUT2D eigenvalue weighted by molar-refractivity contribution is 6.42. The van der Waals surface area contributed by atoms with Crippen LogP contribution in [0.1, 0.15) is 25.7 Å². The minimum Gasteiger partial charge on any atom is -0.368 e. The molecule has 0 saturated heterocycles. The monoisotopic (exact) mass is 347 g/mol. The zero-order chi connectivity index (χ0) is 15.7. The summed E-state index contributed by atoms with van der Waals surface area (Å²) in [5, 5.41) is 0.834. The van der Waals surface area contributed by atoms with Gasteiger partial charge < -0.3 is 10.3 Å². The molecule has 114 valence electrons. The average Bonchev–Trinajstić information content (AvgIpc) is 2.68. The molecule has 21 heavy (non-hydrogen) atoms. The van der Waals surface area contributed by atoms with Crippen LogP contribution in [0.4, 0.5) is 0 Å². The maximum Gasteiger partial charge on any atom is 0.240 e. The molecule has 1 atom stereocenters. The fraction of sp³-hybridized carbons (Fsp3) is 0.429. The van der Waals surface area contributed by atoms with Crippen LogP contribution in [0.25, 0.3) is 11.0 Å². The summed E-state index contributed by atoms with van der Waals surface area (Å²) in [5.41, 5.74) is 6.99. The molecule has 0 spiro atoms. The molecule has 1 aromatic heterocycles. The lowest BCUT2D eigenvalue weighted by Crippen LogP contribution is -2.31. The maximum atomic E-state index is 11.9. The zero-order valence-electron chi connectivity index (χ0n) is 11.7. The number of hydrogen-bond acceptors (Lipinski definition) is 2. The third kappa shape index (κ3) is 3.12. The van der Waals surface area contributed by atoms with Crippen molar-refractivity contribution in [2.75, 3.05) is 5.88 Å². The van der Waals surface area contributed by atoms with Gasteiger partial charge in [0, 0.05) is 12.3 Å². The molecule has 0 fully saturated rings. The molecule has 0 radical (unpaired) electrons. The fourth-order valence-electron chi connectivity index (χ4n) is 2.47. The molecule has 0 saturated carbocycles. The Morgan fingerprint density at radius 3 is 2.48 bits per heavy atom. The minimum atomic E-state index is -0.509. The molecule has 2 N–H and O–H groups in total. The van der Waals surface area contributed by atoms with Crippen LogP contribution >= 0.6 is 34.8 Å². The van der Waals surface area contributed by atoms with E-state index in [2.05, 4.69) is 4.98 Å². The van der Waals surface area contributed by atoms with E-state index < -0.39 is 11.9 Å². The van der Waals surface area contributed by atoms with Gasteiger partial charge in [0.1, 0.15) is 11.9 Å². The van der Waals surface area contributed by atoms with Gasteiger partial charge in [-0.2, -0.15) is 0 Å². The van der Waals surface area contributed by atoms with Gasteiger partial charge in [0.25, 0.3) is 0 Å². The highest BCUT2D eigenvalue weighted by atomic mass is 35.5. The number of imidazole rings is 1. The first-order valence-corrected chi connectivity index (χ1v) is 7.87. The van der Waals surface area contributed by atoms with E-state index in [1.54, 1.807) is 12.1 Å². The molecule has 1 amide bonds. The Hall–Kier alpha value is -0.970. The molecule has 1 aromatic carbocycles. The van der Waals surface area contributed by atoms with E-state index in [0.29, 0.717) is 33.7 Å². The third-order valence-electron chi connectivity index (χ3n) is 3.32. The van der Waals surface area contributed by atoms with E-state index in [1.807, 2.05) is 18.4 Å². The normalized spacial score (nSPS) is 13.0. The van der Waals surface area contributed by atoms with E-state index in [0.717, 1.165) is 5.52 Å². The first kappa shape index (κ1) is 16.4. The van der Waals surface area contributed by atoms with Gasteiger partial charge in [0.2, 0.25) is 5.91 Å². The van der Waals surface area contributed by atoms with Crippen LogP contribution < -0.4 is 5.73 Å².